The Balaban J connectivity index is 3.77. The molecule has 0 aliphatic carbocycles. The maximum absolute atomic E-state index is 11.8. The maximum atomic E-state index is 11.8. The van der Waals surface area contributed by atoms with Crippen molar-refractivity contribution < 1.29 is 8.42 Å². The van der Waals surface area contributed by atoms with Crippen LogP contribution in [0.3, 0.4) is 0 Å². The van der Waals surface area contributed by atoms with Crippen molar-refractivity contribution in [3.05, 3.63) is 0 Å². The van der Waals surface area contributed by atoms with Crippen molar-refractivity contribution >= 4 is 21.8 Å². The summed E-state index contributed by atoms with van der Waals surface area (Å²) >= 11 is 1.79. The van der Waals surface area contributed by atoms with Crippen LogP contribution in [0.15, 0.2) is 0 Å². The highest BCUT2D eigenvalue weighted by molar-refractivity contribution is 7.98. The molecule has 0 aliphatic rings. The minimum Gasteiger partial charge on any atom is -0.315 e. The van der Waals surface area contributed by atoms with Crippen molar-refractivity contribution in [1.82, 2.24) is 10.0 Å². The monoisotopic (exact) mass is 282 g/mol. The Morgan fingerprint density at radius 3 is 2.53 bits per heavy atom. The Bertz CT molecular complexity index is 269. The summed E-state index contributed by atoms with van der Waals surface area (Å²) in [6.07, 6.45) is 5.06. The van der Waals surface area contributed by atoms with Crippen LogP contribution >= 0.6 is 11.8 Å². The first kappa shape index (κ1) is 17.2. The van der Waals surface area contributed by atoms with Crippen LogP contribution in [0.25, 0.3) is 0 Å². The Labute approximate surface area is 110 Å². The van der Waals surface area contributed by atoms with Crippen molar-refractivity contribution in [3.63, 3.8) is 0 Å². The van der Waals surface area contributed by atoms with E-state index in [0.29, 0.717) is 13.1 Å². The van der Waals surface area contributed by atoms with Gasteiger partial charge in [0.05, 0.1) is 5.25 Å². The van der Waals surface area contributed by atoms with Crippen LogP contribution in [0.2, 0.25) is 0 Å². The number of rotatable bonds is 11. The molecule has 0 heterocycles. The van der Waals surface area contributed by atoms with Gasteiger partial charge >= 0.3 is 0 Å². The van der Waals surface area contributed by atoms with E-state index >= 15 is 0 Å². The van der Waals surface area contributed by atoms with Gasteiger partial charge in [0.25, 0.3) is 0 Å². The molecule has 0 saturated carbocycles. The zero-order valence-corrected chi connectivity index (χ0v) is 12.8. The molecule has 4 nitrogen and oxygen atoms in total. The number of hydrogen-bond acceptors (Lipinski definition) is 4. The molecule has 0 aromatic rings. The van der Waals surface area contributed by atoms with E-state index < -0.39 is 10.0 Å². The second kappa shape index (κ2) is 10.2. The Hall–Kier alpha value is 0.220. The molecule has 0 aromatic carbocycles. The van der Waals surface area contributed by atoms with Crippen LogP contribution in [0, 0.1) is 0 Å². The average molecular weight is 282 g/mol. The third-order valence-electron chi connectivity index (χ3n) is 2.47. The largest absolute Gasteiger partial charge is 0.315 e. The van der Waals surface area contributed by atoms with Crippen LogP contribution in [0.1, 0.15) is 33.1 Å². The minimum atomic E-state index is -3.15. The van der Waals surface area contributed by atoms with Gasteiger partial charge in [0.15, 0.2) is 0 Å². The zero-order chi connectivity index (χ0) is 13.1. The quantitative estimate of drug-likeness (QED) is 0.563. The van der Waals surface area contributed by atoms with E-state index in [0.717, 1.165) is 31.6 Å². The van der Waals surface area contributed by atoms with Crippen molar-refractivity contribution in [2.75, 3.05) is 31.6 Å². The molecule has 0 amide bonds. The van der Waals surface area contributed by atoms with E-state index in [1.165, 1.54) is 0 Å². The summed E-state index contributed by atoms with van der Waals surface area (Å²) in [5.41, 5.74) is 0. The average Bonchev–Trinajstić information content (AvgIpc) is 2.29. The maximum Gasteiger partial charge on any atom is 0.215 e. The van der Waals surface area contributed by atoms with E-state index in [1.54, 1.807) is 18.7 Å². The third kappa shape index (κ3) is 8.88. The lowest BCUT2D eigenvalue weighted by atomic mass is 10.3. The second-order valence-electron chi connectivity index (χ2n) is 4.15. The van der Waals surface area contributed by atoms with Gasteiger partial charge in [0.1, 0.15) is 0 Å². The molecule has 1 atom stereocenters. The summed E-state index contributed by atoms with van der Waals surface area (Å²) in [7, 11) is -3.15. The third-order valence-corrected chi connectivity index (χ3v) is 5.00. The molecule has 0 bridgehead atoms. The van der Waals surface area contributed by atoms with Crippen molar-refractivity contribution in [1.29, 1.82) is 0 Å². The van der Waals surface area contributed by atoms with Crippen LogP contribution in [-0.2, 0) is 10.0 Å². The van der Waals surface area contributed by atoms with E-state index in [2.05, 4.69) is 23.2 Å². The minimum absolute atomic E-state index is 0.366. The molecule has 0 saturated heterocycles. The van der Waals surface area contributed by atoms with Gasteiger partial charge in [-0.2, -0.15) is 11.8 Å². The summed E-state index contributed by atoms with van der Waals surface area (Å²) in [5.74, 6) is 1.09. The van der Waals surface area contributed by atoms with Gasteiger partial charge < -0.3 is 5.32 Å². The van der Waals surface area contributed by atoms with E-state index in [1.807, 2.05) is 0 Å². The number of sulfonamides is 1. The van der Waals surface area contributed by atoms with Gasteiger partial charge in [-0.05, 0) is 44.7 Å². The van der Waals surface area contributed by atoms with Crippen LogP contribution in [0.4, 0.5) is 0 Å². The van der Waals surface area contributed by atoms with Crippen LogP contribution < -0.4 is 10.0 Å². The Morgan fingerprint density at radius 1 is 1.24 bits per heavy atom. The molecule has 0 rings (SSSR count). The zero-order valence-electron chi connectivity index (χ0n) is 11.2. The number of nitrogens with one attached hydrogen (secondary N) is 2. The topological polar surface area (TPSA) is 58.2 Å². The molecule has 6 heteroatoms. The number of thioether (sulfide) groups is 1. The first-order chi connectivity index (χ1) is 8.04. The molecule has 0 spiro atoms. The van der Waals surface area contributed by atoms with E-state index in [-0.39, 0.29) is 5.25 Å². The van der Waals surface area contributed by atoms with Crippen molar-refractivity contribution in [3.8, 4) is 0 Å². The van der Waals surface area contributed by atoms with Gasteiger partial charge in [-0.15, -0.1) is 0 Å². The fraction of sp³-hybridized carbons (Fsp3) is 1.00. The van der Waals surface area contributed by atoms with Gasteiger partial charge in [-0.25, -0.2) is 13.1 Å². The van der Waals surface area contributed by atoms with Gasteiger partial charge in [0, 0.05) is 13.1 Å². The summed E-state index contributed by atoms with van der Waals surface area (Å²) in [6, 6.07) is 0. The van der Waals surface area contributed by atoms with Gasteiger partial charge in [0.2, 0.25) is 10.0 Å². The molecule has 0 aromatic heterocycles. The molecule has 0 aliphatic heterocycles. The Kier molecular flexibility index (Phi) is 10.3. The predicted molar refractivity (Wildman–Crippen MR) is 77.2 cm³/mol. The predicted octanol–water partition coefficient (Wildman–Crippen LogP) is 1.44. The van der Waals surface area contributed by atoms with Crippen LogP contribution in [0.5, 0.6) is 0 Å². The first-order valence-corrected chi connectivity index (χ1v) is 9.16. The van der Waals surface area contributed by atoms with Crippen molar-refractivity contribution in [2.45, 2.75) is 38.4 Å². The summed E-state index contributed by atoms with van der Waals surface area (Å²) in [4.78, 5) is 0. The highest BCUT2D eigenvalue weighted by Crippen LogP contribution is 2.00. The first-order valence-electron chi connectivity index (χ1n) is 6.22. The summed E-state index contributed by atoms with van der Waals surface area (Å²) in [5, 5.41) is 2.76. The molecule has 2 N–H and O–H groups in total. The number of unbranched alkanes of at least 4 members (excludes halogenated alkanes) is 1. The Morgan fingerprint density at radius 2 is 1.94 bits per heavy atom. The lowest BCUT2D eigenvalue weighted by molar-refractivity contribution is 0.555. The normalized spacial score (nSPS) is 13.8. The number of hydrogen-bond donors (Lipinski definition) is 2. The van der Waals surface area contributed by atoms with Crippen molar-refractivity contribution in [2.24, 2.45) is 0 Å². The van der Waals surface area contributed by atoms with Crippen LogP contribution in [-0.4, -0.2) is 45.3 Å². The summed E-state index contributed by atoms with van der Waals surface area (Å²) < 4.78 is 26.3. The smallest absolute Gasteiger partial charge is 0.215 e. The fourth-order valence-electron chi connectivity index (χ4n) is 1.32. The molecule has 0 fully saturated rings. The van der Waals surface area contributed by atoms with E-state index in [9.17, 15) is 8.42 Å². The highest BCUT2D eigenvalue weighted by Gasteiger charge is 2.18. The lowest BCUT2D eigenvalue weighted by Crippen LogP contribution is -2.39. The highest BCUT2D eigenvalue weighted by atomic mass is 32.2. The summed E-state index contributed by atoms with van der Waals surface area (Å²) in [6.45, 7) is 5.76. The molecule has 17 heavy (non-hydrogen) atoms. The van der Waals surface area contributed by atoms with E-state index in [4.69, 9.17) is 0 Å². The van der Waals surface area contributed by atoms with Gasteiger partial charge in [-0.1, -0.05) is 6.92 Å². The SMILES string of the molecule is CCCNCC(C)S(=O)(=O)NCCCCSC. The molecule has 104 valence electrons. The molecular formula is C11H26N2O2S2. The second-order valence-corrected chi connectivity index (χ2v) is 7.32. The molecule has 1 unspecified atom stereocenters. The molecule has 0 radical (unpaired) electrons. The lowest BCUT2D eigenvalue weighted by Gasteiger charge is -2.14. The molecular weight excluding hydrogens is 256 g/mol. The standard InChI is InChI=1S/C11H26N2O2S2/c1-4-7-12-10-11(2)17(14,15)13-8-5-6-9-16-3/h11-13H,4-10H2,1-3H3. The van der Waals surface area contributed by atoms with Gasteiger partial charge in [-0.3, -0.25) is 0 Å². The fourth-order valence-corrected chi connectivity index (χ4v) is 2.86.